The Morgan fingerprint density at radius 1 is 1.20 bits per heavy atom. The Hall–Kier alpha value is -1.40. The van der Waals surface area contributed by atoms with Gasteiger partial charge in [0, 0.05) is 12.6 Å². The average molecular weight is 365 g/mol. The molecule has 2 fully saturated rings. The molecule has 1 saturated carbocycles. The van der Waals surface area contributed by atoms with Crippen molar-refractivity contribution in [3.63, 3.8) is 0 Å². The molecule has 25 heavy (non-hydrogen) atoms. The number of hydrogen-bond acceptors (Lipinski definition) is 4. The molecule has 3 rings (SSSR count). The molecule has 2 aliphatic rings. The Morgan fingerprint density at radius 2 is 1.84 bits per heavy atom. The number of carbonyl (C=O) groups is 1. The first kappa shape index (κ1) is 18.4. The molecule has 5 nitrogen and oxygen atoms in total. The van der Waals surface area contributed by atoms with E-state index in [0.29, 0.717) is 11.4 Å². The van der Waals surface area contributed by atoms with Crippen LogP contribution in [0.3, 0.4) is 0 Å². The summed E-state index contributed by atoms with van der Waals surface area (Å²) < 4.78 is 32.8. The number of benzene rings is 1. The predicted molar refractivity (Wildman–Crippen MR) is 95.6 cm³/mol. The molecule has 1 aromatic carbocycles. The lowest BCUT2D eigenvalue weighted by atomic mass is 9.72. The molecular formula is C19H27NO4S. The van der Waals surface area contributed by atoms with Gasteiger partial charge in [-0.2, -0.15) is 4.31 Å². The highest BCUT2D eigenvalue weighted by Crippen LogP contribution is 2.48. The van der Waals surface area contributed by atoms with E-state index in [-0.39, 0.29) is 23.8 Å². The topological polar surface area (TPSA) is 63.7 Å². The minimum atomic E-state index is -3.61. The van der Waals surface area contributed by atoms with Crippen molar-refractivity contribution >= 4 is 16.0 Å². The molecule has 1 aliphatic heterocycles. The van der Waals surface area contributed by atoms with Gasteiger partial charge in [-0.1, -0.05) is 37.0 Å². The molecular weight excluding hydrogens is 338 g/mol. The second-order valence-electron chi connectivity index (χ2n) is 7.56. The van der Waals surface area contributed by atoms with Crippen LogP contribution in [0.1, 0.15) is 50.5 Å². The molecule has 1 heterocycles. The summed E-state index contributed by atoms with van der Waals surface area (Å²) in [5.41, 5.74) is 1.05. The summed E-state index contributed by atoms with van der Waals surface area (Å²) in [5, 5.41) is 0. The number of rotatable bonds is 4. The molecule has 138 valence electrons. The molecule has 1 aliphatic carbocycles. The summed E-state index contributed by atoms with van der Waals surface area (Å²) in [7, 11) is -2.25. The summed E-state index contributed by atoms with van der Waals surface area (Å²) in [6.07, 6.45) is 6.48. The number of methoxy groups -OCH3 is 1. The Labute approximate surface area is 150 Å². The lowest BCUT2D eigenvalue weighted by Gasteiger charge is -2.33. The van der Waals surface area contributed by atoms with Gasteiger partial charge in [0.05, 0.1) is 18.4 Å². The first-order valence-electron chi connectivity index (χ1n) is 9.02. The first-order valence-corrected chi connectivity index (χ1v) is 10.5. The smallest absolute Gasteiger partial charge is 0.307 e. The lowest BCUT2D eigenvalue weighted by molar-refractivity contribution is -0.141. The number of hydrogen-bond donors (Lipinski definition) is 0. The molecule has 0 radical (unpaired) electrons. The van der Waals surface area contributed by atoms with Crippen LogP contribution in [-0.2, 0) is 19.6 Å². The molecule has 1 spiro atoms. The van der Waals surface area contributed by atoms with Crippen LogP contribution >= 0.6 is 0 Å². The number of nitrogens with zero attached hydrogens (tertiary/aromatic N) is 1. The van der Waals surface area contributed by atoms with Crippen molar-refractivity contribution in [1.29, 1.82) is 0 Å². The van der Waals surface area contributed by atoms with Crippen LogP contribution in [0.5, 0.6) is 0 Å². The summed E-state index contributed by atoms with van der Waals surface area (Å²) in [4.78, 5) is 12.2. The van der Waals surface area contributed by atoms with Gasteiger partial charge in [-0.25, -0.2) is 8.42 Å². The number of sulfonamides is 1. The standard InChI is InChI=1S/C19H27NO4S/c1-15-6-8-17(9-7-15)25(22,23)20-14-19(10-4-3-5-11-19)13-16(20)12-18(21)24-2/h6-9,16H,3-5,10-14H2,1-2H3. The zero-order chi connectivity index (χ0) is 18.1. The number of aryl methyl sites for hydroxylation is 1. The zero-order valence-electron chi connectivity index (χ0n) is 15.0. The van der Waals surface area contributed by atoms with Gasteiger partial charge in [0.15, 0.2) is 0 Å². The van der Waals surface area contributed by atoms with E-state index >= 15 is 0 Å². The summed E-state index contributed by atoms with van der Waals surface area (Å²) in [6.45, 7) is 2.45. The molecule has 6 heteroatoms. The number of esters is 1. The highest BCUT2D eigenvalue weighted by Gasteiger charge is 2.49. The fraction of sp³-hybridized carbons (Fsp3) is 0.632. The molecule has 0 N–H and O–H groups in total. The normalized spacial score (nSPS) is 23.7. The van der Waals surface area contributed by atoms with Gasteiger partial charge in [-0.05, 0) is 43.7 Å². The Bertz CT molecular complexity index is 720. The molecule has 0 aromatic heterocycles. The van der Waals surface area contributed by atoms with Crippen LogP contribution in [0.25, 0.3) is 0 Å². The Balaban J connectivity index is 1.92. The monoisotopic (exact) mass is 365 g/mol. The van der Waals surface area contributed by atoms with Crippen LogP contribution in [0.2, 0.25) is 0 Å². The van der Waals surface area contributed by atoms with E-state index in [1.807, 2.05) is 19.1 Å². The van der Waals surface area contributed by atoms with Crippen molar-refractivity contribution in [2.45, 2.75) is 62.8 Å². The van der Waals surface area contributed by atoms with E-state index in [4.69, 9.17) is 4.74 Å². The van der Waals surface area contributed by atoms with E-state index in [9.17, 15) is 13.2 Å². The maximum Gasteiger partial charge on any atom is 0.307 e. The van der Waals surface area contributed by atoms with Crippen molar-refractivity contribution in [2.24, 2.45) is 5.41 Å². The van der Waals surface area contributed by atoms with Gasteiger partial charge in [0.25, 0.3) is 0 Å². The lowest BCUT2D eigenvalue weighted by Crippen LogP contribution is -2.38. The van der Waals surface area contributed by atoms with Crippen LogP contribution < -0.4 is 0 Å². The fourth-order valence-corrected chi connectivity index (χ4v) is 6.10. The molecule has 1 aromatic rings. The van der Waals surface area contributed by atoms with E-state index in [1.165, 1.54) is 13.5 Å². The summed E-state index contributed by atoms with van der Waals surface area (Å²) >= 11 is 0. The van der Waals surface area contributed by atoms with Crippen LogP contribution in [0.15, 0.2) is 29.2 Å². The largest absolute Gasteiger partial charge is 0.469 e. The van der Waals surface area contributed by atoms with E-state index in [2.05, 4.69) is 0 Å². The van der Waals surface area contributed by atoms with Crippen molar-refractivity contribution in [2.75, 3.05) is 13.7 Å². The predicted octanol–water partition coefficient (Wildman–Crippen LogP) is 3.27. The van der Waals surface area contributed by atoms with Crippen molar-refractivity contribution in [3.05, 3.63) is 29.8 Å². The molecule has 1 unspecified atom stereocenters. The van der Waals surface area contributed by atoms with Gasteiger partial charge in [0.1, 0.15) is 0 Å². The van der Waals surface area contributed by atoms with Crippen molar-refractivity contribution in [3.8, 4) is 0 Å². The number of carbonyl (C=O) groups excluding carboxylic acids is 1. The molecule has 1 atom stereocenters. The Kier molecular flexibility index (Phi) is 5.21. The van der Waals surface area contributed by atoms with Gasteiger partial charge < -0.3 is 4.74 Å². The maximum atomic E-state index is 13.2. The van der Waals surface area contributed by atoms with E-state index in [1.54, 1.807) is 16.4 Å². The average Bonchev–Trinajstić information content (AvgIpc) is 2.94. The van der Waals surface area contributed by atoms with Crippen molar-refractivity contribution in [1.82, 2.24) is 4.31 Å². The summed E-state index contributed by atoms with van der Waals surface area (Å²) in [6, 6.07) is 6.64. The molecule has 0 bridgehead atoms. The van der Waals surface area contributed by atoms with Crippen LogP contribution in [0.4, 0.5) is 0 Å². The van der Waals surface area contributed by atoms with E-state index in [0.717, 1.165) is 37.7 Å². The second kappa shape index (κ2) is 7.08. The quantitative estimate of drug-likeness (QED) is 0.768. The zero-order valence-corrected chi connectivity index (χ0v) is 15.8. The first-order chi connectivity index (χ1) is 11.9. The SMILES string of the molecule is COC(=O)CC1CC2(CCCCC2)CN1S(=O)(=O)c1ccc(C)cc1. The Morgan fingerprint density at radius 3 is 2.44 bits per heavy atom. The van der Waals surface area contributed by atoms with E-state index < -0.39 is 10.0 Å². The van der Waals surface area contributed by atoms with Gasteiger partial charge >= 0.3 is 5.97 Å². The maximum absolute atomic E-state index is 13.2. The summed E-state index contributed by atoms with van der Waals surface area (Å²) in [5.74, 6) is -0.345. The number of ether oxygens (including phenoxy) is 1. The molecule has 1 saturated heterocycles. The third-order valence-electron chi connectivity index (χ3n) is 5.74. The minimum absolute atomic E-state index is 0.0225. The van der Waals surface area contributed by atoms with Crippen LogP contribution in [0, 0.1) is 12.3 Å². The van der Waals surface area contributed by atoms with Crippen molar-refractivity contribution < 1.29 is 17.9 Å². The third-order valence-corrected chi connectivity index (χ3v) is 7.65. The highest BCUT2D eigenvalue weighted by atomic mass is 32.2. The van der Waals surface area contributed by atoms with Crippen LogP contribution in [-0.4, -0.2) is 38.4 Å². The third kappa shape index (κ3) is 3.75. The fourth-order valence-electron chi connectivity index (χ4n) is 4.37. The van der Waals surface area contributed by atoms with Gasteiger partial charge in [-0.15, -0.1) is 0 Å². The highest BCUT2D eigenvalue weighted by molar-refractivity contribution is 7.89. The second-order valence-corrected chi connectivity index (χ2v) is 9.45. The molecule has 0 amide bonds. The van der Waals surface area contributed by atoms with Gasteiger partial charge in [-0.3, -0.25) is 4.79 Å². The minimum Gasteiger partial charge on any atom is -0.469 e. The van der Waals surface area contributed by atoms with Gasteiger partial charge in [0.2, 0.25) is 10.0 Å².